The molecule has 3 heterocycles. The second kappa shape index (κ2) is 7.37. The maximum Gasteiger partial charge on any atom is 0.332 e. The van der Waals surface area contributed by atoms with Crippen LogP contribution in [0.1, 0.15) is 17.0 Å². The predicted octanol–water partition coefficient (Wildman–Crippen LogP) is 0.623. The summed E-state index contributed by atoms with van der Waals surface area (Å²) >= 11 is 0. The highest BCUT2D eigenvalue weighted by atomic mass is 16.5. The summed E-state index contributed by atoms with van der Waals surface area (Å²) in [6, 6.07) is 8.22. The molecule has 1 aromatic carbocycles. The number of ether oxygens (including phenoxy) is 1. The highest BCUT2D eigenvalue weighted by Crippen LogP contribution is 2.17. The van der Waals surface area contributed by atoms with Crippen LogP contribution < -0.4 is 11.2 Å². The fourth-order valence-corrected chi connectivity index (χ4v) is 3.73. The number of benzene rings is 1. The Morgan fingerprint density at radius 2 is 1.82 bits per heavy atom. The number of fused-ring (bicyclic) bond motifs is 1. The lowest BCUT2D eigenvalue weighted by atomic mass is 10.1. The average Bonchev–Trinajstić information content (AvgIpc) is 3.03. The van der Waals surface area contributed by atoms with E-state index >= 15 is 0 Å². The van der Waals surface area contributed by atoms with Gasteiger partial charge in [-0.15, -0.1) is 0 Å². The number of aromatic nitrogens is 4. The third kappa shape index (κ3) is 3.29. The largest absolute Gasteiger partial charge is 0.379 e. The van der Waals surface area contributed by atoms with E-state index < -0.39 is 0 Å². The van der Waals surface area contributed by atoms with E-state index in [-0.39, 0.29) is 11.2 Å². The Hall–Kier alpha value is -2.71. The topological polar surface area (TPSA) is 74.3 Å². The molecule has 0 unspecified atom stereocenters. The van der Waals surface area contributed by atoms with Crippen LogP contribution in [0.2, 0.25) is 0 Å². The van der Waals surface area contributed by atoms with Gasteiger partial charge in [-0.05, 0) is 12.5 Å². The Morgan fingerprint density at radius 3 is 2.54 bits per heavy atom. The Bertz CT molecular complexity index is 1140. The summed E-state index contributed by atoms with van der Waals surface area (Å²) in [5, 5.41) is 0. The first kappa shape index (κ1) is 18.6. The molecule has 0 aliphatic carbocycles. The Labute approximate surface area is 162 Å². The van der Waals surface area contributed by atoms with Crippen molar-refractivity contribution in [1.82, 2.24) is 23.6 Å². The summed E-state index contributed by atoms with van der Waals surface area (Å²) in [7, 11) is 3.17. The second-order valence-corrected chi connectivity index (χ2v) is 7.37. The molecule has 1 aliphatic heterocycles. The molecular formula is C20H25N5O3. The minimum absolute atomic E-state index is 0.313. The maximum atomic E-state index is 12.9. The summed E-state index contributed by atoms with van der Waals surface area (Å²) < 4.78 is 10.00. The van der Waals surface area contributed by atoms with Crippen molar-refractivity contribution < 1.29 is 4.74 Å². The molecule has 1 saturated heterocycles. The van der Waals surface area contributed by atoms with E-state index in [1.165, 1.54) is 11.6 Å². The van der Waals surface area contributed by atoms with Crippen molar-refractivity contribution in [2.45, 2.75) is 20.0 Å². The third-order valence-corrected chi connectivity index (χ3v) is 5.32. The van der Waals surface area contributed by atoms with Gasteiger partial charge in [-0.3, -0.25) is 18.8 Å². The van der Waals surface area contributed by atoms with E-state index in [0.29, 0.717) is 37.5 Å². The molecule has 3 aromatic rings. The minimum Gasteiger partial charge on any atom is -0.379 e. The second-order valence-electron chi connectivity index (χ2n) is 7.37. The van der Waals surface area contributed by atoms with Gasteiger partial charge in [0.25, 0.3) is 5.56 Å². The van der Waals surface area contributed by atoms with Crippen LogP contribution in [0, 0.1) is 6.92 Å². The van der Waals surface area contributed by atoms with Gasteiger partial charge in [0.1, 0.15) is 5.82 Å². The van der Waals surface area contributed by atoms with Crippen LogP contribution in [0.3, 0.4) is 0 Å². The van der Waals surface area contributed by atoms with Gasteiger partial charge in [-0.1, -0.05) is 29.8 Å². The van der Waals surface area contributed by atoms with Gasteiger partial charge in [0.05, 0.1) is 19.8 Å². The fraction of sp³-hybridized carbons (Fsp3) is 0.450. The molecule has 1 fully saturated rings. The number of rotatable bonds is 4. The van der Waals surface area contributed by atoms with Crippen LogP contribution in [0.15, 0.2) is 33.9 Å². The van der Waals surface area contributed by atoms with Crippen LogP contribution in [0.25, 0.3) is 11.2 Å². The Kier molecular flexibility index (Phi) is 4.91. The molecule has 8 heteroatoms. The molecule has 28 heavy (non-hydrogen) atoms. The van der Waals surface area contributed by atoms with Crippen molar-refractivity contribution in [3.05, 3.63) is 62.1 Å². The number of nitrogens with zero attached hydrogens (tertiary/aromatic N) is 5. The lowest BCUT2D eigenvalue weighted by Crippen LogP contribution is -2.38. The summed E-state index contributed by atoms with van der Waals surface area (Å²) in [4.78, 5) is 32.3. The number of aryl methyl sites for hydroxylation is 2. The predicted molar refractivity (Wildman–Crippen MR) is 107 cm³/mol. The summed E-state index contributed by atoms with van der Waals surface area (Å²) in [6.07, 6.45) is 0. The van der Waals surface area contributed by atoms with Crippen LogP contribution in [-0.4, -0.2) is 49.9 Å². The van der Waals surface area contributed by atoms with E-state index in [9.17, 15) is 9.59 Å². The van der Waals surface area contributed by atoms with Crippen molar-refractivity contribution in [2.24, 2.45) is 14.1 Å². The number of hydrogen-bond donors (Lipinski definition) is 0. The average molecular weight is 383 g/mol. The Balaban J connectivity index is 1.88. The fourth-order valence-electron chi connectivity index (χ4n) is 3.73. The number of morpholine rings is 1. The molecule has 4 rings (SSSR count). The quantitative estimate of drug-likeness (QED) is 0.660. The van der Waals surface area contributed by atoms with Gasteiger partial charge in [-0.2, -0.15) is 0 Å². The van der Waals surface area contributed by atoms with Crippen LogP contribution in [0.4, 0.5) is 0 Å². The summed E-state index contributed by atoms with van der Waals surface area (Å²) in [6.45, 7) is 6.23. The molecular weight excluding hydrogens is 358 g/mol. The van der Waals surface area contributed by atoms with Crippen LogP contribution >= 0.6 is 0 Å². The molecule has 148 valence electrons. The van der Waals surface area contributed by atoms with Crippen molar-refractivity contribution in [3.8, 4) is 0 Å². The van der Waals surface area contributed by atoms with Gasteiger partial charge < -0.3 is 9.30 Å². The lowest BCUT2D eigenvalue weighted by molar-refractivity contribution is 0.0327. The van der Waals surface area contributed by atoms with E-state index in [1.807, 2.05) is 29.7 Å². The zero-order chi connectivity index (χ0) is 19.8. The molecule has 0 atom stereocenters. The van der Waals surface area contributed by atoms with E-state index in [0.717, 1.165) is 34.6 Å². The SMILES string of the molecule is Cc1cccc(Cn2c(CN3CCOCC3)nc3c2c(=O)n(C)c(=O)n3C)c1. The first-order valence-corrected chi connectivity index (χ1v) is 9.46. The van der Waals surface area contributed by atoms with Gasteiger partial charge >= 0.3 is 5.69 Å². The van der Waals surface area contributed by atoms with Crippen molar-refractivity contribution in [1.29, 1.82) is 0 Å². The standard InChI is InChI=1S/C20H25N5O3/c1-14-5-4-6-15(11-14)12-25-16(13-24-7-9-28-10-8-24)21-18-17(25)19(26)23(3)20(27)22(18)2/h4-6,11H,7-10,12-13H2,1-3H3. The van der Waals surface area contributed by atoms with Gasteiger partial charge in [0.15, 0.2) is 11.2 Å². The Morgan fingerprint density at radius 1 is 1.07 bits per heavy atom. The first-order chi connectivity index (χ1) is 13.5. The first-order valence-electron chi connectivity index (χ1n) is 9.46. The van der Waals surface area contributed by atoms with Crippen molar-refractivity contribution in [3.63, 3.8) is 0 Å². The van der Waals surface area contributed by atoms with E-state index in [4.69, 9.17) is 9.72 Å². The maximum absolute atomic E-state index is 12.9. The molecule has 0 saturated carbocycles. The smallest absolute Gasteiger partial charge is 0.332 e. The molecule has 0 N–H and O–H groups in total. The minimum atomic E-state index is -0.365. The highest BCUT2D eigenvalue weighted by molar-refractivity contribution is 5.71. The molecule has 2 aromatic heterocycles. The van der Waals surface area contributed by atoms with Crippen molar-refractivity contribution in [2.75, 3.05) is 26.3 Å². The van der Waals surface area contributed by atoms with Crippen LogP contribution in [-0.2, 0) is 31.9 Å². The third-order valence-electron chi connectivity index (χ3n) is 5.32. The van der Waals surface area contributed by atoms with E-state index in [2.05, 4.69) is 11.0 Å². The van der Waals surface area contributed by atoms with Gasteiger partial charge in [-0.25, -0.2) is 9.78 Å². The lowest BCUT2D eigenvalue weighted by Gasteiger charge is -2.26. The molecule has 0 bridgehead atoms. The molecule has 1 aliphatic rings. The normalized spacial score (nSPS) is 15.4. The molecule has 0 spiro atoms. The monoisotopic (exact) mass is 383 g/mol. The zero-order valence-electron chi connectivity index (χ0n) is 16.5. The summed E-state index contributed by atoms with van der Waals surface area (Å²) in [5.41, 5.74) is 2.48. The van der Waals surface area contributed by atoms with E-state index in [1.54, 1.807) is 7.05 Å². The molecule has 0 radical (unpaired) electrons. The molecule has 0 amide bonds. The number of imidazole rings is 1. The highest BCUT2D eigenvalue weighted by Gasteiger charge is 2.21. The van der Waals surface area contributed by atoms with Crippen molar-refractivity contribution >= 4 is 11.2 Å². The molecule has 8 nitrogen and oxygen atoms in total. The van der Waals surface area contributed by atoms with Crippen LogP contribution in [0.5, 0.6) is 0 Å². The summed E-state index contributed by atoms with van der Waals surface area (Å²) in [5.74, 6) is 0.789. The zero-order valence-corrected chi connectivity index (χ0v) is 16.5. The van der Waals surface area contributed by atoms with Gasteiger partial charge in [0, 0.05) is 33.7 Å². The number of hydrogen-bond acceptors (Lipinski definition) is 5. The van der Waals surface area contributed by atoms with Gasteiger partial charge in [0.2, 0.25) is 0 Å².